The predicted molar refractivity (Wildman–Crippen MR) is 87.0 cm³/mol. The van der Waals surface area contributed by atoms with Crippen LogP contribution in [0.2, 0.25) is 19.6 Å². The van der Waals surface area contributed by atoms with E-state index in [0.717, 1.165) is 24.8 Å². The molecule has 1 aliphatic rings. The smallest absolute Gasteiger partial charge is 0.158 e. The van der Waals surface area contributed by atoms with Crippen molar-refractivity contribution in [3.63, 3.8) is 0 Å². The van der Waals surface area contributed by atoms with E-state index < -0.39 is 8.07 Å². The van der Waals surface area contributed by atoms with E-state index in [4.69, 9.17) is 0 Å². The number of Topliss-reactive ketones (excluding diaryl/α,β-unsaturated/α-hetero) is 1. The summed E-state index contributed by atoms with van der Waals surface area (Å²) in [4.78, 5) is 12.1. The number of rotatable bonds is 4. The Morgan fingerprint density at radius 1 is 1.21 bits per heavy atom. The fourth-order valence-corrected chi connectivity index (χ4v) is 3.81. The molecule has 1 saturated carbocycles. The van der Waals surface area contributed by atoms with Crippen molar-refractivity contribution < 1.29 is 4.79 Å². The molecule has 1 fully saturated rings. The Morgan fingerprint density at radius 3 is 2.37 bits per heavy atom. The molecule has 2 heteroatoms. The monoisotopic (exact) mass is 276 g/mol. The Balaban J connectivity index is 2.90. The van der Waals surface area contributed by atoms with E-state index in [1.807, 2.05) is 0 Å². The van der Waals surface area contributed by atoms with Gasteiger partial charge in [0, 0.05) is 12.3 Å². The molecule has 0 aromatic rings. The average Bonchev–Trinajstić information content (AvgIpc) is 2.57. The topological polar surface area (TPSA) is 17.1 Å². The van der Waals surface area contributed by atoms with E-state index >= 15 is 0 Å². The van der Waals surface area contributed by atoms with Gasteiger partial charge >= 0.3 is 0 Å². The molecule has 19 heavy (non-hydrogen) atoms. The van der Waals surface area contributed by atoms with Crippen LogP contribution in [-0.4, -0.2) is 13.9 Å². The molecule has 0 aromatic carbocycles. The highest BCUT2D eigenvalue weighted by atomic mass is 28.3. The first-order valence-electron chi connectivity index (χ1n) is 7.26. The normalized spacial score (nSPS) is 23.1. The Bertz CT molecular complexity index is 429. The highest BCUT2D eigenvalue weighted by Gasteiger charge is 2.30. The first-order chi connectivity index (χ1) is 8.70. The Kier molecular flexibility index (Phi) is 5.54. The van der Waals surface area contributed by atoms with Gasteiger partial charge in [0.25, 0.3) is 0 Å². The molecule has 0 aromatic heterocycles. The van der Waals surface area contributed by atoms with Gasteiger partial charge in [0.1, 0.15) is 0 Å². The van der Waals surface area contributed by atoms with E-state index in [-0.39, 0.29) is 0 Å². The van der Waals surface area contributed by atoms with Gasteiger partial charge in [-0.05, 0) is 39.2 Å². The van der Waals surface area contributed by atoms with E-state index in [1.165, 1.54) is 11.1 Å². The number of carbonyl (C=O) groups excluding carboxylic acids is 1. The zero-order valence-corrected chi connectivity index (χ0v) is 14.3. The van der Waals surface area contributed by atoms with Crippen molar-refractivity contribution in [3.8, 4) is 0 Å². The Hall–Kier alpha value is -0.893. The fourth-order valence-electron chi connectivity index (χ4n) is 2.51. The summed E-state index contributed by atoms with van der Waals surface area (Å²) in [5.41, 5.74) is 6.13. The largest absolute Gasteiger partial charge is 0.295 e. The molecule has 0 radical (unpaired) electrons. The average molecular weight is 276 g/mol. The van der Waals surface area contributed by atoms with Gasteiger partial charge in [0.05, 0.1) is 8.07 Å². The molecule has 0 heterocycles. The highest BCUT2D eigenvalue weighted by Crippen LogP contribution is 2.35. The third-order valence-corrected chi connectivity index (χ3v) is 4.64. The lowest BCUT2D eigenvalue weighted by Crippen LogP contribution is -2.19. The van der Waals surface area contributed by atoms with E-state index in [1.54, 1.807) is 0 Å². The standard InChI is InChI=1S/C17H28OSi/c1-13(2)8-7-9-14(3)15-10-11-17(18)16(15)12-19(4,5)6/h8-9,12,15H,7,10-11H2,1-6H3/b14-9+,16-12-. The van der Waals surface area contributed by atoms with Crippen molar-refractivity contribution in [2.75, 3.05) is 0 Å². The van der Waals surface area contributed by atoms with Crippen molar-refractivity contribution in [2.24, 2.45) is 5.92 Å². The summed E-state index contributed by atoms with van der Waals surface area (Å²) in [5.74, 6) is 0.757. The summed E-state index contributed by atoms with van der Waals surface area (Å²) in [6, 6.07) is 0. The summed E-state index contributed by atoms with van der Waals surface area (Å²) in [7, 11) is -1.32. The van der Waals surface area contributed by atoms with Crippen molar-refractivity contribution >= 4 is 13.9 Å². The lowest BCUT2D eigenvalue weighted by molar-refractivity contribution is -0.114. The second-order valence-corrected chi connectivity index (χ2v) is 12.0. The number of hydrogen-bond acceptors (Lipinski definition) is 1. The van der Waals surface area contributed by atoms with Crippen LogP contribution in [0.3, 0.4) is 0 Å². The number of carbonyl (C=O) groups is 1. The van der Waals surface area contributed by atoms with Gasteiger partial charge in [-0.2, -0.15) is 0 Å². The fraction of sp³-hybridized carbons (Fsp3) is 0.588. The Morgan fingerprint density at radius 2 is 1.84 bits per heavy atom. The lowest BCUT2D eigenvalue weighted by Gasteiger charge is -2.17. The van der Waals surface area contributed by atoms with Gasteiger partial charge in [0.2, 0.25) is 0 Å². The molecule has 1 nitrogen and oxygen atoms in total. The summed E-state index contributed by atoms with van der Waals surface area (Å²) in [6.45, 7) is 13.3. The van der Waals surface area contributed by atoms with E-state index in [0.29, 0.717) is 11.7 Å². The summed E-state index contributed by atoms with van der Waals surface area (Å²) < 4.78 is 0. The van der Waals surface area contributed by atoms with Crippen molar-refractivity contribution in [2.45, 2.75) is 59.7 Å². The first-order valence-corrected chi connectivity index (χ1v) is 10.8. The molecule has 1 rings (SSSR count). The molecule has 0 amide bonds. The Labute approximate surface area is 119 Å². The van der Waals surface area contributed by atoms with E-state index in [9.17, 15) is 4.79 Å². The maximum atomic E-state index is 12.1. The molecule has 1 unspecified atom stereocenters. The van der Waals surface area contributed by atoms with Gasteiger partial charge in [0.15, 0.2) is 5.78 Å². The molecule has 1 atom stereocenters. The van der Waals surface area contributed by atoms with Crippen LogP contribution in [0, 0.1) is 5.92 Å². The van der Waals surface area contributed by atoms with Crippen LogP contribution in [0.5, 0.6) is 0 Å². The molecule has 106 valence electrons. The number of allylic oxidation sites excluding steroid dienone is 5. The van der Waals surface area contributed by atoms with Gasteiger partial charge in [-0.3, -0.25) is 4.79 Å². The molecule has 0 saturated heterocycles. The van der Waals surface area contributed by atoms with Crippen LogP contribution in [0.1, 0.15) is 40.0 Å². The summed E-state index contributed by atoms with van der Waals surface area (Å²) in [6.07, 6.45) is 7.25. The zero-order chi connectivity index (χ0) is 14.6. The molecule has 0 bridgehead atoms. The maximum absolute atomic E-state index is 12.1. The highest BCUT2D eigenvalue weighted by molar-refractivity contribution is 6.81. The van der Waals surface area contributed by atoms with Crippen molar-refractivity contribution in [1.29, 1.82) is 0 Å². The van der Waals surface area contributed by atoms with Crippen LogP contribution < -0.4 is 0 Å². The van der Waals surface area contributed by atoms with Gasteiger partial charge in [-0.1, -0.05) is 48.6 Å². The number of ketones is 1. The minimum atomic E-state index is -1.32. The molecule has 1 aliphatic carbocycles. The third kappa shape index (κ3) is 5.31. The van der Waals surface area contributed by atoms with Crippen LogP contribution in [0.4, 0.5) is 0 Å². The predicted octanol–water partition coefficient (Wildman–Crippen LogP) is 5.07. The van der Waals surface area contributed by atoms with Crippen LogP contribution >= 0.6 is 0 Å². The van der Waals surface area contributed by atoms with Crippen LogP contribution in [0.15, 0.2) is 34.6 Å². The van der Waals surface area contributed by atoms with Crippen molar-refractivity contribution in [3.05, 3.63) is 34.6 Å². The van der Waals surface area contributed by atoms with Crippen LogP contribution in [-0.2, 0) is 4.79 Å². The molecule has 0 spiro atoms. The third-order valence-electron chi connectivity index (χ3n) is 3.46. The minimum Gasteiger partial charge on any atom is -0.295 e. The molecule has 0 N–H and O–H groups in total. The maximum Gasteiger partial charge on any atom is 0.158 e. The van der Waals surface area contributed by atoms with Gasteiger partial charge in [-0.15, -0.1) is 0 Å². The number of hydrogen-bond donors (Lipinski definition) is 0. The van der Waals surface area contributed by atoms with Gasteiger partial charge < -0.3 is 0 Å². The second kappa shape index (κ2) is 6.51. The van der Waals surface area contributed by atoms with Crippen molar-refractivity contribution in [1.82, 2.24) is 0 Å². The van der Waals surface area contributed by atoms with E-state index in [2.05, 4.69) is 58.3 Å². The molecule has 0 aliphatic heterocycles. The SMILES string of the molecule is CC(C)=CC/C=C(\C)C1CCC(=O)/C1=C\[Si](C)(C)C. The molecular formula is C17H28OSi. The molecular weight excluding hydrogens is 248 g/mol. The summed E-state index contributed by atoms with van der Waals surface area (Å²) >= 11 is 0. The van der Waals surface area contributed by atoms with Crippen LogP contribution in [0.25, 0.3) is 0 Å². The first kappa shape index (κ1) is 16.2. The summed E-state index contributed by atoms with van der Waals surface area (Å²) in [5, 5.41) is 0. The lowest BCUT2D eigenvalue weighted by atomic mass is 9.94. The quantitative estimate of drug-likeness (QED) is 0.398. The minimum absolute atomic E-state index is 0.377. The zero-order valence-electron chi connectivity index (χ0n) is 13.3. The van der Waals surface area contributed by atoms with Gasteiger partial charge in [-0.25, -0.2) is 0 Å². The second-order valence-electron chi connectivity index (χ2n) is 6.95.